The van der Waals surface area contributed by atoms with Crippen LogP contribution in [0.1, 0.15) is 0 Å². The standard InChI is InChI=1S/C22H15N3OS/c23-15-10-6-9-14-18(15)19-22(27-17-12-5-4-11-16(17)25-19)20(21(14)26)24-13-7-2-1-3-8-13/h1-12,24H,23H2. The number of fused-ring (bicyclic) bond motifs is 4. The molecular weight excluding hydrogens is 354 g/mol. The van der Waals surface area contributed by atoms with E-state index in [0.717, 1.165) is 31.9 Å². The molecule has 27 heavy (non-hydrogen) atoms. The summed E-state index contributed by atoms with van der Waals surface area (Å²) in [6.07, 6.45) is 0. The molecule has 4 nitrogen and oxygen atoms in total. The van der Waals surface area contributed by atoms with Crippen LogP contribution in [0, 0.1) is 0 Å². The topological polar surface area (TPSA) is 68.0 Å². The number of hydrogen-bond donors (Lipinski definition) is 2. The Morgan fingerprint density at radius 1 is 0.889 bits per heavy atom. The molecule has 0 bridgehead atoms. The second kappa shape index (κ2) is 6.07. The van der Waals surface area contributed by atoms with E-state index in [1.807, 2.05) is 72.8 Å². The van der Waals surface area contributed by atoms with Gasteiger partial charge >= 0.3 is 0 Å². The van der Waals surface area contributed by atoms with Crippen molar-refractivity contribution in [2.75, 3.05) is 11.1 Å². The number of hydrogen-bond acceptors (Lipinski definition) is 5. The summed E-state index contributed by atoms with van der Waals surface area (Å²) < 4.78 is 1.02. The summed E-state index contributed by atoms with van der Waals surface area (Å²) in [6.45, 7) is 0. The van der Waals surface area contributed by atoms with Gasteiger partial charge in [0.25, 0.3) is 0 Å². The zero-order chi connectivity index (χ0) is 18.4. The molecule has 3 aromatic rings. The Bertz CT molecular complexity index is 1330. The van der Waals surface area contributed by atoms with Crippen molar-refractivity contribution in [3.63, 3.8) is 0 Å². The van der Waals surface area contributed by atoms with Gasteiger partial charge in [-0.05, 0) is 30.3 Å². The van der Waals surface area contributed by atoms with Gasteiger partial charge in [0.2, 0.25) is 5.43 Å². The maximum absolute atomic E-state index is 13.3. The number of nitrogens with two attached hydrogens (primary N) is 1. The molecule has 0 spiro atoms. The molecule has 0 radical (unpaired) electrons. The predicted molar refractivity (Wildman–Crippen MR) is 114 cm³/mol. The summed E-state index contributed by atoms with van der Waals surface area (Å²) in [5.41, 5.74) is 9.79. The largest absolute Gasteiger partial charge is 0.398 e. The van der Waals surface area contributed by atoms with Crippen molar-refractivity contribution in [2.24, 2.45) is 0 Å². The fourth-order valence-corrected chi connectivity index (χ4v) is 4.42. The average Bonchev–Trinajstić information content (AvgIpc) is 2.71. The molecule has 0 saturated heterocycles. The lowest BCUT2D eigenvalue weighted by atomic mass is 10.0. The van der Waals surface area contributed by atoms with Gasteiger partial charge in [0.1, 0.15) is 5.69 Å². The number of nitrogens with one attached hydrogen (secondary N) is 1. The first kappa shape index (κ1) is 15.8. The van der Waals surface area contributed by atoms with Crippen molar-refractivity contribution in [3.05, 3.63) is 83.0 Å². The van der Waals surface area contributed by atoms with Crippen LogP contribution in [0.15, 0.2) is 77.6 Å². The molecule has 1 aliphatic carbocycles. The summed E-state index contributed by atoms with van der Waals surface area (Å²) >= 11 is 1.55. The van der Waals surface area contributed by atoms with Crippen molar-refractivity contribution in [1.82, 2.24) is 4.98 Å². The molecule has 0 fully saturated rings. The first-order valence-corrected chi connectivity index (χ1v) is 9.40. The Hall–Kier alpha value is -3.44. The summed E-state index contributed by atoms with van der Waals surface area (Å²) in [6, 6.07) is 23.1. The van der Waals surface area contributed by atoms with Crippen LogP contribution >= 0.6 is 11.3 Å². The Morgan fingerprint density at radius 3 is 2.52 bits per heavy atom. The quantitative estimate of drug-likeness (QED) is 0.254. The van der Waals surface area contributed by atoms with Crippen LogP contribution in [0.5, 0.6) is 0 Å². The molecule has 5 rings (SSSR count). The molecule has 130 valence electrons. The van der Waals surface area contributed by atoms with E-state index in [2.05, 4.69) is 5.32 Å². The van der Waals surface area contributed by atoms with Crippen LogP contribution in [-0.4, -0.2) is 4.98 Å². The van der Waals surface area contributed by atoms with Crippen LogP contribution in [0.25, 0.3) is 31.6 Å². The number of para-hydroxylation sites is 2. The highest BCUT2D eigenvalue weighted by atomic mass is 32.1. The highest BCUT2D eigenvalue weighted by Crippen LogP contribution is 2.41. The molecule has 1 aliphatic heterocycles. The third-order valence-corrected chi connectivity index (χ3v) is 5.77. The van der Waals surface area contributed by atoms with E-state index in [1.165, 1.54) is 0 Å². The molecule has 3 N–H and O–H groups in total. The van der Waals surface area contributed by atoms with Crippen molar-refractivity contribution in [2.45, 2.75) is 0 Å². The number of benzene rings is 4. The lowest BCUT2D eigenvalue weighted by Crippen LogP contribution is -2.12. The summed E-state index contributed by atoms with van der Waals surface area (Å²) in [5.74, 6) is 0. The smallest absolute Gasteiger partial charge is 0.211 e. The van der Waals surface area contributed by atoms with E-state index >= 15 is 0 Å². The highest BCUT2D eigenvalue weighted by Gasteiger charge is 2.22. The molecule has 2 aliphatic rings. The lowest BCUT2D eigenvalue weighted by molar-refractivity contribution is 1.43. The van der Waals surface area contributed by atoms with Gasteiger partial charge in [-0.15, -0.1) is 11.3 Å². The highest BCUT2D eigenvalue weighted by molar-refractivity contribution is 7.22. The van der Waals surface area contributed by atoms with Crippen LogP contribution < -0.4 is 16.5 Å². The molecule has 0 atom stereocenters. The number of aromatic nitrogens is 1. The number of nitrogen functional groups attached to an aromatic ring is 1. The van der Waals surface area contributed by atoms with Gasteiger partial charge in [-0.1, -0.05) is 42.5 Å². The zero-order valence-corrected chi connectivity index (χ0v) is 15.1. The molecule has 3 aromatic carbocycles. The molecular formula is C22H15N3OS. The van der Waals surface area contributed by atoms with Gasteiger partial charge in [0.15, 0.2) is 0 Å². The molecule has 1 heterocycles. The van der Waals surface area contributed by atoms with Crippen molar-refractivity contribution < 1.29 is 0 Å². The third-order valence-electron chi connectivity index (χ3n) is 4.60. The first-order chi connectivity index (χ1) is 13.2. The maximum Gasteiger partial charge on any atom is 0.211 e. The van der Waals surface area contributed by atoms with Gasteiger partial charge < -0.3 is 11.1 Å². The molecule has 0 unspecified atom stereocenters. The fraction of sp³-hybridized carbons (Fsp3) is 0. The Labute approximate surface area is 159 Å². The Balaban J connectivity index is 1.94. The van der Waals surface area contributed by atoms with Gasteiger partial charge in [0.05, 0.1) is 20.8 Å². The minimum Gasteiger partial charge on any atom is -0.398 e. The zero-order valence-electron chi connectivity index (χ0n) is 14.3. The van der Waals surface area contributed by atoms with E-state index < -0.39 is 0 Å². The number of nitrogens with zero attached hydrogens (tertiary/aromatic N) is 1. The van der Waals surface area contributed by atoms with Gasteiger partial charge in [0, 0.05) is 22.1 Å². The summed E-state index contributed by atoms with van der Waals surface area (Å²) in [7, 11) is 0. The van der Waals surface area contributed by atoms with E-state index in [0.29, 0.717) is 16.8 Å². The monoisotopic (exact) mass is 369 g/mol. The second-order valence-electron chi connectivity index (χ2n) is 6.32. The van der Waals surface area contributed by atoms with E-state index in [4.69, 9.17) is 10.7 Å². The van der Waals surface area contributed by atoms with Gasteiger partial charge in [-0.25, -0.2) is 4.98 Å². The van der Waals surface area contributed by atoms with E-state index in [9.17, 15) is 4.79 Å². The number of rotatable bonds is 2. The number of anilines is 3. The Morgan fingerprint density at radius 2 is 1.67 bits per heavy atom. The summed E-state index contributed by atoms with van der Waals surface area (Å²) in [4.78, 5) is 19.0. The third kappa shape index (κ3) is 2.52. The van der Waals surface area contributed by atoms with Crippen molar-refractivity contribution in [3.8, 4) is 10.6 Å². The van der Waals surface area contributed by atoms with Crippen LogP contribution in [0.4, 0.5) is 17.1 Å². The molecule has 0 saturated carbocycles. The van der Waals surface area contributed by atoms with Crippen molar-refractivity contribution in [1.29, 1.82) is 0 Å². The summed E-state index contributed by atoms with van der Waals surface area (Å²) in [5, 5.41) is 4.61. The maximum atomic E-state index is 13.3. The molecule has 0 amide bonds. The van der Waals surface area contributed by atoms with Crippen molar-refractivity contribution >= 4 is 49.4 Å². The fourth-order valence-electron chi connectivity index (χ4n) is 3.35. The SMILES string of the molecule is Nc1cccc2c(=O)c(Nc3ccccc3)c3sc4ccccc4nc-3c12. The second-order valence-corrected chi connectivity index (χ2v) is 7.38. The van der Waals surface area contributed by atoms with Crippen LogP contribution in [-0.2, 0) is 0 Å². The average molecular weight is 369 g/mol. The lowest BCUT2D eigenvalue weighted by Gasteiger charge is -2.16. The predicted octanol–water partition coefficient (Wildman–Crippen LogP) is 5.24. The van der Waals surface area contributed by atoms with Crippen LogP contribution in [0.2, 0.25) is 0 Å². The van der Waals surface area contributed by atoms with Gasteiger partial charge in [-0.2, -0.15) is 0 Å². The van der Waals surface area contributed by atoms with E-state index in [1.54, 1.807) is 11.3 Å². The van der Waals surface area contributed by atoms with Gasteiger partial charge in [-0.3, -0.25) is 4.79 Å². The van der Waals surface area contributed by atoms with E-state index in [-0.39, 0.29) is 5.43 Å². The first-order valence-electron chi connectivity index (χ1n) is 8.58. The molecule has 5 heteroatoms. The normalized spacial score (nSPS) is 11.3. The minimum atomic E-state index is -0.0676. The Kier molecular flexibility index (Phi) is 3.55. The molecule has 0 aromatic heterocycles. The van der Waals surface area contributed by atoms with Crippen LogP contribution in [0.3, 0.4) is 0 Å². The minimum absolute atomic E-state index is 0.0676.